The second-order valence-electron chi connectivity index (χ2n) is 3.34. The topological polar surface area (TPSA) is 28.2 Å². The third kappa shape index (κ3) is 2.70. The van der Waals surface area contributed by atoms with Crippen molar-refractivity contribution < 1.29 is 0 Å². The first-order chi connectivity index (χ1) is 6.88. The lowest BCUT2D eigenvalue weighted by atomic mass is 10.3. The first-order valence-corrected chi connectivity index (χ1v) is 6.90. The largest absolute Gasteiger partial charge is 0.314 e. The van der Waals surface area contributed by atoms with Gasteiger partial charge in [-0.05, 0) is 6.26 Å². The van der Waals surface area contributed by atoms with Gasteiger partial charge in [0.2, 0.25) is 0 Å². The van der Waals surface area contributed by atoms with E-state index in [4.69, 9.17) is 0 Å². The van der Waals surface area contributed by atoms with E-state index in [2.05, 4.69) is 26.8 Å². The molecular formula is C9H15N3S2. The molecule has 2 rings (SSSR count). The Morgan fingerprint density at radius 2 is 2.36 bits per heavy atom. The quantitative estimate of drug-likeness (QED) is 0.790. The second-order valence-corrected chi connectivity index (χ2v) is 5.25. The molecule has 0 aliphatic carbocycles. The van der Waals surface area contributed by atoms with Crippen LogP contribution in [0, 0.1) is 0 Å². The van der Waals surface area contributed by atoms with Crippen LogP contribution >= 0.6 is 23.1 Å². The molecule has 1 aliphatic rings. The van der Waals surface area contributed by atoms with Crippen molar-refractivity contribution in [3.8, 4) is 0 Å². The molecule has 0 radical (unpaired) electrons. The lowest BCUT2D eigenvalue weighted by Crippen LogP contribution is -2.42. The van der Waals surface area contributed by atoms with E-state index in [0.717, 1.165) is 32.7 Å². The monoisotopic (exact) mass is 229 g/mol. The summed E-state index contributed by atoms with van der Waals surface area (Å²) in [6.07, 6.45) is 2.08. The number of nitrogens with one attached hydrogen (secondary N) is 1. The summed E-state index contributed by atoms with van der Waals surface area (Å²) < 4.78 is 1.18. The summed E-state index contributed by atoms with van der Waals surface area (Å²) in [6, 6.07) is 0. The summed E-state index contributed by atoms with van der Waals surface area (Å²) in [4.78, 5) is 7.00. The predicted octanol–water partition coefficient (Wildman–Crippen LogP) is 1.27. The first kappa shape index (κ1) is 10.4. The molecule has 1 fully saturated rings. The highest BCUT2D eigenvalue weighted by Crippen LogP contribution is 2.20. The molecular weight excluding hydrogens is 214 g/mol. The van der Waals surface area contributed by atoms with Crippen molar-refractivity contribution in [3.63, 3.8) is 0 Å². The van der Waals surface area contributed by atoms with Gasteiger partial charge >= 0.3 is 0 Å². The molecule has 0 saturated carbocycles. The summed E-state index contributed by atoms with van der Waals surface area (Å²) >= 11 is 3.48. The maximum Gasteiger partial charge on any atom is 0.149 e. The van der Waals surface area contributed by atoms with Crippen LogP contribution in [0.25, 0.3) is 0 Å². The van der Waals surface area contributed by atoms with Gasteiger partial charge in [-0.15, -0.1) is 11.3 Å². The average molecular weight is 229 g/mol. The Morgan fingerprint density at radius 3 is 3.00 bits per heavy atom. The zero-order valence-corrected chi connectivity index (χ0v) is 9.96. The Hall–Kier alpha value is -0.100. The molecule has 1 aromatic rings. The van der Waals surface area contributed by atoms with Crippen LogP contribution in [-0.4, -0.2) is 42.3 Å². The molecule has 0 bridgehead atoms. The van der Waals surface area contributed by atoms with Crippen LogP contribution in [0.3, 0.4) is 0 Å². The summed E-state index contributed by atoms with van der Waals surface area (Å²) in [5.74, 6) is 0. The molecule has 2 heterocycles. The highest BCUT2D eigenvalue weighted by atomic mass is 32.2. The fraction of sp³-hybridized carbons (Fsp3) is 0.667. The van der Waals surface area contributed by atoms with E-state index in [1.165, 1.54) is 10.0 Å². The van der Waals surface area contributed by atoms with Gasteiger partial charge in [0.05, 0.1) is 5.69 Å². The molecule has 5 heteroatoms. The highest BCUT2D eigenvalue weighted by molar-refractivity contribution is 8.00. The zero-order chi connectivity index (χ0) is 9.80. The summed E-state index contributed by atoms with van der Waals surface area (Å²) in [5, 5.41) is 5.53. The normalized spacial score (nSPS) is 18.6. The number of thiazole rings is 1. The fourth-order valence-electron chi connectivity index (χ4n) is 1.55. The SMILES string of the molecule is CSc1nc(CN2CCNCC2)cs1. The van der Waals surface area contributed by atoms with Gasteiger partial charge in [-0.25, -0.2) is 4.98 Å². The Morgan fingerprint density at radius 1 is 1.57 bits per heavy atom. The smallest absolute Gasteiger partial charge is 0.149 e. The fourth-order valence-corrected chi connectivity index (χ4v) is 2.82. The highest BCUT2D eigenvalue weighted by Gasteiger charge is 2.11. The van der Waals surface area contributed by atoms with Gasteiger partial charge in [-0.2, -0.15) is 0 Å². The number of nitrogens with zero attached hydrogens (tertiary/aromatic N) is 2. The predicted molar refractivity (Wildman–Crippen MR) is 62.0 cm³/mol. The maximum atomic E-state index is 4.54. The third-order valence-electron chi connectivity index (χ3n) is 2.30. The van der Waals surface area contributed by atoms with Crippen molar-refractivity contribution in [2.75, 3.05) is 32.4 Å². The van der Waals surface area contributed by atoms with Crippen molar-refractivity contribution in [1.82, 2.24) is 15.2 Å². The Kier molecular flexibility index (Phi) is 3.81. The number of rotatable bonds is 3. The van der Waals surface area contributed by atoms with E-state index in [9.17, 15) is 0 Å². The molecule has 1 aromatic heterocycles. The lowest BCUT2D eigenvalue weighted by Gasteiger charge is -2.26. The van der Waals surface area contributed by atoms with Gasteiger partial charge in [0.25, 0.3) is 0 Å². The van der Waals surface area contributed by atoms with Crippen molar-refractivity contribution in [2.45, 2.75) is 10.9 Å². The van der Waals surface area contributed by atoms with Gasteiger partial charge in [-0.1, -0.05) is 11.8 Å². The van der Waals surface area contributed by atoms with E-state index >= 15 is 0 Å². The number of piperazine rings is 1. The lowest BCUT2D eigenvalue weighted by molar-refractivity contribution is 0.231. The van der Waals surface area contributed by atoms with Crippen molar-refractivity contribution in [1.29, 1.82) is 0 Å². The van der Waals surface area contributed by atoms with Gasteiger partial charge in [0.15, 0.2) is 0 Å². The van der Waals surface area contributed by atoms with Crippen LogP contribution < -0.4 is 5.32 Å². The van der Waals surface area contributed by atoms with Crippen LogP contribution in [0.5, 0.6) is 0 Å². The minimum Gasteiger partial charge on any atom is -0.314 e. The molecule has 1 aliphatic heterocycles. The number of hydrogen-bond acceptors (Lipinski definition) is 5. The van der Waals surface area contributed by atoms with Crippen LogP contribution in [0.2, 0.25) is 0 Å². The Bertz CT molecular complexity index is 281. The van der Waals surface area contributed by atoms with Crippen molar-refractivity contribution >= 4 is 23.1 Å². The van der Waals surface area contributed by atoms with Crippen LogP contribution in [0.15, 0.2) is 9.72 Å². The summed E-state index contributed by atoms with van der Waals surface area (Å²) in [7, 11) is 0. The maximum absolute atomic E-state index is 4.54. The van der Waals surface area contributed by atoms with E-state index in [-0.39, 0.29) is 0 Å². The standard InChI is InChI=1S/C9H15N3S2/c1-13-9-11-8(7-14-9)6-12-4-2-10-3-5-12/h7,10H,2-6H2,1H3. The van der Waals surface area contributed by atoms with E-state index in [1.807, 2.05) is 0 Å². The number of hydrogen-bond donors (Lipinski definition) is 1. The van der Waals surface area contributed by atoms with Gasteiger partial charge in [-0.3, -0.25) is 4.90 Å². The Labute approximate surface area is 92.9 Å². The van der Waals surface area contributed by atoms with Gasteiger partial charge < -0.3 is 5.32 Å². The molecule has 78 valence electrons. The summed E-state index contributed by atoms with van der Waals surface area (Å²) in [5.41, 5.74) is 1.22. The van der Waals surface area contributed by atoms with E-state index in [1.54, 1.807) is 23.1 Å². The van der Waals surface area contributed by atoms with Crippen LogP contribution in [0.4, 0.5) is 0 Å². The molecule has 0 amide bonds. The van der Waals surface area contributed by atoms with Crippen molar-refractivity contribution in [3.05, 3.63) is 11.1 Å². The summed E-state index contributed by atoms with van der Waals surface area (Å²) in [6.45, 7) is 5.52. The number of aromatic nitrogens is 1. The first-order valence-electron chi connectivity index (χ1n) is 4.80. The van der Waals surface area contributed by atoms with Gasteiger partial charge in [0.1, 0.15) is 4.34 Å². The molecule has 1 saturated heterocycles. The minimum atomic E-state index is 1.01. The molecule has 0 atom stereocenters. The van der Waals surface area contributed by atoms with E-state index < -0.39 is 0 Å². The van der Waals surface area contributed by atoms with E-state index in [0.29, 0.717) is 0 Å². The molecule has 0 unspecified atom stereocenters. The third-order valence-corrected chi connectivity index (χ3v) is 4.21. The minimum absolute atomic E-state index is 1.01. The molecule has 0 spiro atoms. The zero-order valence-electron chi connectivity index (χ0n) is 8.32. The van der Waals surface area contributed by atoms with Gasteiger partial charge in [0, 0.05) is 38.1 Å². The molecule has 14 heavy (non-hydrogen) atoms. The van der Waals surface area contributed by atoms with Crippen molar-refractivity contribution in [2.24, 2.45) is 0 Å². The molecule has 1 N–H and O–H groups in total. The Balaban J connectivity index is 1.89. The van der Waals surface area contributed by atoms with Crippen LogP contribution in [0.1, 0.15) is 5.69 Å². The second kappa shape index (κ2) is 5.11. The molecule has 3 nitrogen and oxygen atoms in total. The number of thioether (sulfide) groups is 1. The molecule has 0 aromatic carbocycles. The average Bonchev–Trinajstić information content (AvgIpc) is 2.67. The van der Waals surface area contributed by atoms with Crippen LogP contribution in [-0.2, 0) is 6.54 Å².